The Kier molecular flexibility index (Phi) is 2.98. The predicted octanol–water partition coefficient (Wildman–Crippen LogP) is 2.02. The summed E-state index contributed by atoms with van der Waals surface area (Å²) in [6.07, 6.45) is 3.88. The zero-order valence-electron chi connectivity index (χ0n) is 10.9. The first kappa shape index (κ1) is 12.2. The predicted molar refractivity (Wildman–Crippen MR) is 78.6 cm³/mol. The summed E-state index contributed by atoms with van der Waals surface area (Å²) in [5, 5.41) is 4.13. The third kappa shape index (κ3) is 2.00. The molecular formula is C14H16N4S. The SMILES string of the molecule is CN1C(=S)N[C@@H](c2ccccn2)[C@@H]1c1cccn1C. The summed E-state index contributed by atoms with van der Waals surface area (Å²) in [5.74, 6) is 0. The number of thiocarbonyl (C=S) groups is 1. The summed E-state index contributed by atoms with van der Waals surface area (Å²) in [6.45, 7) is 0. The van der Waals surface area contributed by atoms with E-state index in [1.54, 1.807) is 0 Å². The average Bonchev–Trinajstić information content (AvgIpc) is 2.96. The van der Waals surface area contributed by atoms with Gasteiger partial charge in [-0.2, -0.15) is 0 Å². The highest BCUT2D eigenvalue weighted by molar-refractivity contribution is 7.80. The molecule has 0 unspecified atom stereocenters. The molecule has 4 nitrogen and oxygen atoms in total. The third-order valence-electron chi connectivity index (χ3n) is 3.63. The van der Waals surface area contributed by atoms with Crippen LogP contribution in [0.25, 0.3) is 0 Å². The number of aromatic nitrogens is 2. The number of hydrogen-bond donors (Lipinski definition) is 1. The van der Waals surface area contributed by atoms with Crippen LogP contribution in [0.5, 0.6) is 0 Å². The van der Waals surface area contributed by atoms with E-state index in [1.165, 1.54) is 5.69 Å². The highest BCUT2D eigenvalue weighted by atomic mass is 32.1. The first-order chi connectivity index (χ1) is 9.18. The molecule has 0 spiro atoms. The zero-order chi connectivity index (χ0) is 13.4. The van der Waals surface area contributed by atoms with Gasteiger partial charge in [0.1, 0.15) is 0 Å². The van der Waals surface area contributed by atoms with Crippen molar-refractivity contribution in [3.63, 3.8) is 0 Å². The Balaban J connectivity index is 2.04. The summed E-state index contributed by atoms with van der Waals surface area (Å²) in [6, 6.07) is 10.4. The standard InChI is InChI=1S/C14H16N4S/c1-17-9-5-7-11(17)13-12(16-14(19)18(13)2)10-6-3-4-8-15-10/h3-9,12-13H,1-2H3,(H,16,19)/t12-,13-/m0/s1. The van der Waals surface area contributed by atoms with Crippen molar-refractivity contribution in [3.8, 4) is 0 Å². The van der Waals surface area contributed by atoms with Gasteiger partial charge in [-0.25, -0.2) is 0 Å². The Morgan fingerprint density at radius 3 is 2.68 bits per heavy atom. The molecule has 3 rings (SSSR count). The van der Waals surface area contributed by atoms with Crippen LogP contribution >= 0.6 is 12.2 Å². The lowest BCUT2D eigenvalue weighted by Gasteiger charge is -2.24. The monoisotopic (exact) mass is 272 g/mol. The normalized spacial score (nSPS) is 22.6. The van der Waals surface area contributed by atoms with Crippen molar-refractivity contribution >= 4 is 17.3 Å². The molecule has 1 aliphatic rings. The highest BCUT2D eigenvalue weighted by Crippen LogP contribution is 2.37. The van der Waals surface area contributed by atoms with Gasteiger partial charge in [0.2, 0.25) is 0 Å². The van der Waals surface area contributed by atoms with E-state index >= 15 is 0 Å². The smallest absolute Gasteiger partial charge is 0.169 e. The van der Waals surface area contributed by atoms with E-state index < -0.39 is 0 Å². The van der Waals surface area contributed by atoms with Crippen LogP contribution in [-0.2, 0) is 7.05 Å². The number of hydrogen-bond acceptors (Lipinski definition) is 2. The fraction of sp³-hybridized carbons (Fsp3) is 0.286. The largest absolute Gasteiger partial charge is 0.353 e. The number of pyridine rings is 1. The van der Waals surface area contributed by atoms with Crippen LogP contribution in [0.15, 0.2) is 42.7 Å². The number of aryl methyl sites for hydroxylation is 1. The Hall–Kier alpha value is -1.88. The Bertz CT molecular complexity index is 593. The molecule has 98 valence electrons. The van der Waals surface area contributed by atoms with Gasteiger partial charge < -0.3 is 14.8 Å². The lowest BCUT2D eigenvalue weighted by Crippen LogP contribution is -2.25. The molecule has 0 radical (unpaired) electrons. The maximum Gasteiger partial charge on any atom is 0.169 e. The van der Waals surface area contributed by atoms with Crippen LogP contribution in [0.2, 0.25) is 0 Å². The second-order valence-corrected chi connectivity index (χ2v) is 5.17. The Labute approximate surface area is 118 Å². The molecular weight excluding hydrogens is 256 g/mol. The molecule has 1 fully saturated rings. The van der Waals surface area contributed by atoms with E-state index in [0.717, 1.165) is 10.8 Å². The van der Waals surface area contributed by atoms with Crippen LogP contribution in [0.1, 0.15) is 23.5 Å². The maximum absolute atomic E-state index is 5.39. The minimum absolute atomic E-state index is 0.0901. The van der Waals surface area contributed by atoms with Crippen molar-refractivity contribution < 1.29 is 0 Å². The van der Waals surface area contributed by atoms with Crippen molar-refractivity contribution in [3.05, 3.63) is 54.1 Å². The second kappa shape index (κ2) is 4.66. The maximum atomic E-state index is 5.39. The van der Waals surface area contributed by atoms with Crippen LogP contribution in [0.4, 0.5) is 0 Å². The van der Waals surface area contributed by atoms with Gasteiger partial charge in [-0.15, -0.1) is 0 Å². The van der Waals surface area contributed by atoms with Crippen molar-refractivity contribution in [1.29, 1.82) is 0 Å². The van der Waals surface area contributed by atoms with Gasteiger partial charge in [0.05, 0.1) is 17.8 Å². The van der Waals surface area contributed by atoms with Gasteiger partial charge in [0.25, 0.3) is 0 Å². The summed E-state index contributed by atoms with van der Waals surface area (Å²) < 4.78 is 2.13. The molecule has 2 aromatic heterocycles. The molecule has 1 N–H and O–H groups in total. The van der Waals surface area contributed by atoms with Crippen LogP contribution < -0.4 is 5.32 Å². The number of nitrogens with zero attached hydrogens (tertiary/aromatic N) is 3. The van der Waals surface area contributed by atoms with E-state index in [4.69, 9.17) is 12.2 Å². The molecule has 1 saturated heterocycles. The second-order valence-electron chi connectivity index (χ2n) is 4.78. The number of rotatable bonds is 2. The first-order valence-electron chi connectivity index (χ1n) is 6.24. The van der Waals surface area contributed by atoms with E-state index in [1.807, 2.05) is 31.4 Å². The topological polar surface area (TPSA) is 33.1 Å². The Morgan fingerprint density at radius 2 is 2.05 bits per heavy atom. The molecule has 0 aromatic carbocycles. The van der Waals surface area contributed by atoms with Gasteiger partial charge in [0.15, 0.2) is 5.11 Å². The van der Waals surface area contributed by atoms with Gasteiger partial charge >= 0.3 is 0 Å². The van der Waals surface area contributed by atoms with Crippen LogP contribution in [0.3, 0.4) is 0 Å². The molecule has 19 heavy (non-hydrogen) atoms. The fourth-order valence-electron chi connectivity index (χ4n) is 2.61. The summed E-state index contributed by atoms with van der Waals surface area (Å²) in [5.41, 5.74) is 2.24. The minimum atomic E-state index is 0.0901. The lowest BCUT2D eigenvalue weighted by molar-refractivity contribution is 0.353. The fourth-order valence-corrected chi connectivity index (χ4v) is 2.85. The lowest BCUT2D eigenvalue weighted by atomic mass is 10.0. The number of likely N-dealkylation sites (N-methyl/N-ethyl adjacent to an activating group) is 1. The average molecular weight is 272 g/mol. The van der Waals surface area contributed by atoms with Gasteiger partial charge in [-0.3, -0.25) is 4.98 Å². The molecule has 0 bridgehead atoms. The molecule has 2 aromatic rings. The summed E-state index contributed by atoms with van der Waals surface area (Å²) >= 11 is 5.39. The minimum Gasteiger partial charge on any atom is -0.353 e. The zero-order valence-corrected chi connectivity index (χ0v) is 11.8. The van der Waals surface area contributed by atoms with Crippen molar-refractivity contribution in [1.82, 2.24) is 19.8 Å². The molecule has 2 atom stereocenters. The van der Waals surface area contributed by atoms with Gasteiger partial charge in [0, 0.05) is 32.2 Å². The van der Waals surface area contributed by atoms with E-state index in [2.05, 4.69) is 45.1 Å². The van der Waals surface area contributed by atoms with Crippen LogP contribution in [0, 0.1) is 0 Å². The van der Waals surface area contributed by atoms with Crippen molar-refractivity contribution in [2.24, 2.45) is 7.05 Å². The Morgan fingerprint density at radius 1 is 1.21 bits per heavy atom. The van der Waals surface area contributed by atoms with Crippen molar-refractivity contribution in [2.45, 2.75) is 12.1 Å². The molecule has 3 heterocycles. The van der Waals surface area contributed by atoms with Gasteiger partial charge in [-0.05, 0) is 36.5 Å². The van der Waals surface area contributed by atoms with E-state index in [0.29, 0.717) is 0 Å². The molecule has 1 aliphatic heterocycles. The van der Waals surface area contributed by atoms with E-state index in [9.17, 15) is 0 Å². The molecule has 5 heteroatoms. The van der Waals surface area contributed by atoms with E-state index in [-0.39, 0.29) is 12.1 Å². The molecule has 0 aliphatic carbocycles. The van der Waals surface area contributed by atoms with Crippen molar-refractivity contribution in [2.75, 3.05) is 7.05 Å². The number of nitrogens with one attached hydrogen (secondary N) is 1. The van der Waals surface area contributed by atoms with Gasteiger partial charge in [-0.1, -0.05) is 6.07 Å². The van der Waals surface area contributed by atoms with Crippen LogP contribution in [-0.4, -0.2) is 26.6 Å². The third-order valence-corrected chi connectivity index (χ3v) is 4.03. The molecule has 0 saturated carbocycles. The molecule has 0 amide bonds. The summed E-state index contributed by atoms with van der Waals surface area (Å²) in [7, 11) is 4.08. The first-order valence-corrected chi connectivity index (χ1v) is 6.65. The summed E-state index contributed by atoms with van der Waals surface area (Å²) in [4.78, 5) is 6.56. The highest BCUT2D eigenvalue weighted by Gasteiger charge is 2.38. The quantitative estimate of drug-likeness (QED) is 0.848.